The van der Waals surface area contributed by atoms with Gasteiger partial charge in [-0.15, -0.1) is 0 Å². The van der Waals surface area contributed by atoms with Crippen molar-refractivity contribution in [2.24, 2.45) is 5.73 Å². The lowest BCUT2D eigenvalue weighted by molar-refractivity contribution is 0.613. The van der Waals surface area contributed by atoms with E-state index in [0.717, 1.165) is 9.84 Å². The Hall–Kier alpha value is -2.12. The minimum Gasteiger partial charge on any atom is -0.364 e. The van der Waals surface area contributed by atoms with Gasteiger partial charge in [0.25, 0.3) is 0 Å². The topological polar surface area (TPSA) is 76.7 Å². The van der Waals surface area contributed by atoms with Gasteiger partial charge in [0, 0.05) is 18.5 Å². The van der Waals surface area contributed by atoms with Crippen LogP contribution < -0.4 is 11.1 Å². The van der Waals surface area contributed by atoms with Crippen LogP contribution in [0.25, 0.3) is 10.3 Å². The molecule has 108 valence electrons. The molecule has 3 N–H and O–H groups in total. The molecule has 5 nitrogen and oxygen atoms in total. The highest BCUT2D eigenvalue weighted by Gasteiger charge is 2.10. The number of hydrogen-bond donors (Lipinski definition) is 2. The van der Waals surface area contributed by atoms with Gasteiger partial charge >= 0.3 is 0 Å². The third kappa shape index (κ3) is 2.98. The summed E-state index contributed by atoms with van der Waals surface area (Å²) in [7, 11) is 0. The Labute approximate surface area is 125 Å². The lowest BCUT2D eigenvalue weighted by atomic mass is 10.2. The molecule has 0 saturated heterocycles. The Morgan fingerprint density at radius 1 is 1.24 bits per heavy atom. The first kappa shape index (κ1) is 13.8. The summed E-state index contributed by atoms with van der Waals surface area (Å²) < 4.78 is 13.6. The first-order valence-electron chi connectivity index (χ1n) is 6.55. The van der Waals surface area contributed by atoms with Gasteiger partial charge in [0.2, 0.25) is 0 Å². The van der Waals surface area contributed by atoms with E-state index in [1.807, 2.05) is 0 Å². The number of rotatable bonds is 5. The summed E-state index contributed by atoms with van der Waals surface area (Å²) in [6.45, 7) is 0.897. The lowest BCUT2D eigenvalue weighted by Crippen LogP contribution is -2.04. The van der Waals surface area contributed by atoms with Gasteiger partial charge < -0.3 is 11.1 Å². The van der Waals surface area contributed by atoms with Crippen LogP contribution in [0.1, 0.15) is 10.6 Å². The highest BCUT2D eigenvalue weighted by Crippen LogP contribution is 2.25. The van der Waals surface area contributed by atoms with Crippen LogP contribution in [0.15, 0.2) is 30.6 Å². The quantitative estimate of drug-likeness (QED) is 0.756. The highest BCUT2D eigenvalue weighted by molar-refractivity contribution is 7.18. The zero-order valence-corrected chi connectivity index (χ0v) is 12.0. The molecule has 0 atom stereocenters. The molecule has 0 saturated carbocycles. The molecular weight excluding hydrogens is 289 g/mol. The molecular formula is C14H14FN5S. The fourth-order valence-electron chi connectivity index (χ4n) is 1.98. The van der Waals surface area contributed by atoms with Crippen LogP contribution in [-0.4, -0.2) is 21.5 Å². The maximum atomic E-state index is 13.6. The zero-order chi connectivity index (χ0) is 14.7. The number of hydrogen-bond acceptors (Lipinski definition) is 6. The predicted octanol–water partition coefficient (Wildman–Crippen LogP) is 2.34. The van der Waals surface area contributed by atoms with Gasteiger partial charge in [-0.1, -0.05) is 29.5 Å². The molecule has 7 heteroatoms. The van der Waals surface area contributed by atoms with Gasteiger partial charge in [-0.05, 0) is 12.6 Å². The molecule has 0 unspecified atom stereocenters. The van der Waals surface area contributed by atoms with Crippen molar-refractivity contribution in [2.75, 3.05) is 11.9 Å². The van der Waals surface area contributed by atoms with Crippen LogP contribution in [-0.2, 0) is 13.0 Å². The maximum absolute atomic E-state index is 13.6. The van der Waals surface area contributed by atoms with Gasteiger partial charge in [-0.2, -0.15) is 0 Å². The minimum absolute atomic E-state index is 0.239. The molecule has 3 rings (SSSR count). The molecule has 21 heavy (non-hydrogen) atoms. The van der Waals surface area contributed by atoms with Crippen molar-refractivity contribution < 1.29 is 4.39 Å². The second kappa shape index (κ2) is 6.11. The summed E-state index contributed by atoms with van der Waals surface area (Å²) >= 11 is 1.50. The number of thiazole rings is 1. The molecule has 0 aliphatic carbocycles. The van der Waals surface area contributed by atoms with E-state index in [2.05, 4.69) is 20.3 Å². The molecule has 0 aliphatic rings. The Bertz CT molecular complexity index is 758. The summed E-state index contributed by atoms with van der Waals surface area (Å²) in [6.07, 6.45) is 2.20. The van der Waals surface area contributed by atoms with Crippen molar-refractivity contribution in [2.45, 2.75) is 13.0 Å². The van der Waals surface area contributed by atoms with E-state index in [4.69, 9.17) is 5.73 Å². The van der Waals surface area contributed by atoms with Gasteiger partial charge in [0.05, 0.1) is 5.01 Å². The average Bonchev–Trinajstić information content (AvgIpc) is 2.90. The van der Waals surface area contributed by atoms with E-state index >= 15 is 0 Å². The number of nitrogens with one attached hydrogen (secondary N) is 1. The average molecular weight is 303 g/mol. The third-order valence-electron chi connectivity index (χ3n) is 3.00. The van der Waals surface area contributed by atoms with E-state index in [1.165, 1.54) is 23.7 Å². The fraction of sp³-hybridized carbons (Fsp3) is 0.214. The number of benzene rings is 1. The number of halogens is 1. The molecule has 2 aromatic heterocycles. The Kier molecular flexibility index (Phi) is 4.03. The molecule has 1 aromatic carbocycles. The van der Waals surface area contributed by atoms with Crippen molar-refractivity contribution in [1.82, 2.24) is 15.0 Å². The standard InChI is InChI=1S/C14H14FN5S/c15-10-4-2-1-3-9(10)7-17-13-12-14(19-8-18-13)21-11(20-12)5-6-16/h1-4,8H,5-7,16H2,(H,17,18,19). The Balaban J connectivity index is 1.85. The lowest BCUT2D eigenvalue weighted by Gasteiger charge is -2.06. The fourth-order valence-corrected chi connectivity index (χ4v) is 2.90. The number of nitrogens with zero attached hydrogens (tertiary/aromatic N) is 3. The smallest absolute Gasteiger partial charge is 0.157 e. The van der Waals surface area contributed by atoms with Gasteiger partial charge in [0.15, 0.2) is 5.82 Å². The normalized spacial score (nSPS) is 11.0. The van der Waals surface area contributed by atoms with Crippen molar-refractivity contribution in [3.05, 3.63) is 47.0 Å². The molecule has 0 radical (unpaired) electrons. The number of aromatic nitrogens is 3. The molecule has 0 bridgehead atoms. The maximum Gasteiger partial charge on any atom is 0.157 e. The van der Waals surface area contributed by atoms with Gasteiger partial charge in [-0.3, -0.25) is 0 Å². The monoisotopic (exact) mass is 303 g/mol. The van der Waals surface area contributed by atoms with E-state index in [0.29, 0.717) is 36.4 Å². The predicted molar refractivity (Wildman–Crippen MR) is 81.7 cm³/mol. The summed E-state index contributed by atoms with van der Waals surface area (Å²) in [4.78, 5) is 13.7. The van der Waals surface area contributed by atoms with Crippen molar-refractivity contribution >= 4 is 27.5 Å². The van der Waals surface area contributed by atoms with E-state index < -0.39 is 0 Å². The van der Waals surface area contributed by atoms with Gasteiger partial charge in [-0.25, -0.2) is 19.3 Å². The van der Waals surface area contributed by atoms with Crippen LogP contribution in [0, 0.1) is 5.82 Å². The summed E-state index contributed by atoms with van der Waals surface area (Å²) in [5.41, 5.74) is 6.84. The van der Waals surface area contributed by atoms with E-state index in [9.17, 15) is 4.39 Å². The van der Waals surface area contributed by atoms with Gasteiger partial charge in [0.1, 0.15) is 22.5 Å². The number of anilines is 1. The summed E-state index contributed by atoms with van der Waals surface area (Å²) in [5.74, 6) is 0.375. The molecule has 0 amide bonds. The first-order valence-corrected chi connectivity index (χ1v) is 7.37. The first-order chi connectivity index (χ1) is 10.3. The van der Waals surface area contributed by atoms with Crippen LogP contribution >= 0.6 is 11.3 Å². The van der Waals surface area contributed by atoms with E-state index in [-0.39, 0.29) is 5.82 Å². The highest BCUT2D eigenvalue weighted by atomic mass is 32.1. The van der Waals surface area contributed by atoms with Crippen molar-refractivity contribution in [1.29, 1.82) is 0 Å². The van der Waals surface area contributed by atoms with Crippen LogP contribution in [0.2, 0.25) is 0 Å². The second-order valence-corrected chi connectivity index (χ2v) is 5.53. The second-order valence-electron chi connectivity index (χ2n) is 4.47. The SMILES string of the molecule is NCCc1nc2c(NCc3ccccc3F)ncnc2s1. The van der Waals surface area contributed by atoms with Crippen LogP contribution in [0.5, 0.6) is 0 Å². The molecule has 0 fully saturated rings. The number of nitrogens with two attached hydrogens (primary N) is 1. The molecule has 0 aliphatic heterocycles. The Morgan fingerprint density at radius 3 is 2.90 bits per heavy atom. The summed E-state index contributed by atoms with van der Waals surface area (Å²) in [5, 5.41) is 4.05. The zero-order valence-electron chi connectivity index (χ0n) is 11.2. The third-order valence-corrected chi connectivity index (χ3v) is 4.03. The van der Waals surface area contributed by atoms with E-state index in [1.54, 1.807) is 18.2 Å². The summed E-state index contributed by atoms with van der Waals surface area (Å²) in [6, 6.07) is 6.65. The minimum atomic E-state index is -0.239. The molecule has 3 aromatic rings. The molecule has 2 heterocycles. The number of fused-ring (bicyclic) bond motifs is 1. The van der Waals surface area contributed by atoms with Crippen LogP contribution in [0.4, 0.5) is 10.2 Å². The van der Waals surface area contributed by atoms with Crippen LogP contribution in [0.3, 0.4) is 0 Å². The largest absolute Gasteiger partial charge is 0.364 e. The van der Waals surface area contributed by atoms with Crippen molar-refractivity contribution in [3.63, 3.8) is 0 Å². The molecule has 0 spiro atoms. The van der Waals surface area contributed by atoms with Crippen molar-refractivity contribution in [3.8, 4) is 0 Å². The Morgan fingerprint density at radius 2 is 2.10 bits per heavy atom.